The fourth-order valence-corrected chi connectivity index (χ4v) is 0.878. The van der Waals surface area contributed by atoms with Crippen molar-refractivity contribution in [2.24, 2.45) is 0 Å². The van der Waals surface area contributed by atoms with Crippen LogP contribution < -0.4 is 4.57 Å². The van der Waals surface area contributed by atoms with Gasteiger partial charge in [-0.1, -0.05) is 6.08 Å². The van der Waals surface area contributed by atoms with Gasteiger partial charge in [-0.3, -0.25) is 4.98 Å². The molecule has 0 aliphatic rings. The summed E-state index contributed by atoms with van der Waals surface area (Å²) in [6.07, 6.45) is 10.1. The van der Waals surface area contributed by atoms with Crippen molar-refractivity contribution >= 4 is 0 Å². The zero-order chi connectivity index (χ0) is 7.23. The average molecular weight is 137 g/mol. The second-order valence-electron chi connectivity index (χ2n) is 2.28. The fourth-order valence-electron chi connectivity index (χ4n) is 0.878. The molecule has 0 amide bonds. The zero-order valence-electron chi connectivity index (χ0n) is 6.09. The minimum atomic E-state index is 1.08. The third-order valence-electron chi connectivity index (χ3n) is 1.43. The van der Waals surface area contributed by atoms with Crippen LogP contribution >= 0.6 is 0 Å². The number of hydrogen-bond donors (Lipinski definition) is 1. The molecule has 1 aromatic rings. The lowest BCUT2D eigenvalue weighted by molar-refractivity contribution is -0.695. The van der Waals surface area contributed by atoms with E-state index >= 15 is 0 Å². The molecule has 0 aromatic carbocycles. The van der Waals surface area contributed by atoms with Crippen molar-refractivity contribution in [2.45, 2.75) is 19.4 Å². The van der Waals surface area contributed by atoms with Crippen molar-refractivity contribution in [3.63, 3.8) is 0 Å². The van der Waals surface area contributed by atoms with E-state index in [1.54, 1.807) is 0 Å². The van der Waals surface area contributed by atoms with Crippen LogP contribution in [0.2, 0.25) is 0 Å². The minimum Gasteiger partial charge on any atom is -0.250 e. The molecule has 2 heteroatoms. The molecule has 54 valence electrons. The summed E-state index contributed by atoms with van der Waals surface area (Å²) < 4.78 is 2.13. The standard InChI is InChI=1S/C8H12N2/c1-2-3-4-6-10-7-5-9-8-10/h2,5,7-8H,1,3-4,6H2/p+1. The van der Waals surface area contributed by atoms with Gasteiger partial charge < -0.3 is 0 Å². The number of aromatic nitrogens is 2. The molecular formula is C8H13N2+. The summed E-state index contributed by atoms with van der Waals surface area (Å²) in [7, 11) is 0. The van der Waals surface area contributed by atoms with Gasteiger partial charge in [-0.05, 0) is 12.8 Å². The molecule has 0 aliphatic heterocycles. The van der Waals surface area contributed by atoms with Crippen molar-refractivity contribution in [3.8, 4) is 0 Å². The smallest absolute Gasteiger partial charge is 0.241 e. The van der Waals surface area contributed by atoms with Gasteiger partial charge in [-0.2, -0.15) is 0 Å². The summed E-state index contributed by atoms with van der Waals surface area (Å²) in [6.45, 7) is 4.74. The van der Waals surface area contributed by atoms with Crippen LogP contribution in [-0.4, -0.2) is 4.98 Å². The summed E-state index contributed by atoms with van der Waals surface area (Å²) in [5.74, 6) is 0. The van der Waals surface area contributed by atoms with Gasteiger partial charge in [0.1, 0.15) is 12.4 Å². The number of unbranched alkanes of at least 4 members (excludes halogenated alkanes) is 1. The first-order valence-electron chi connectivity index (χ1n) is 3.56. The Labute approximate surface area is 61.2 Å². The molecule has 10 heavy (non-hydrogen) atoms. The number of nitrogens with one attached hydrogen (secondary N) is 1. The monoisotopic (exact) mass is 137 g/mol. The Morgan fingerprint density at radius 2 is 2.50 bits per heavy atom. The van der Waals surface area contributed by atoms with Crippen molar-refractivity contribution in [3.05, 3.63) is 31.4 Å². The van der Waals surface area contributed by atoms with Gasteiger partial charge in [0.05, 0.1) is 6.54 Å². The molecule has 1 N–H and O–H groups in total. The molecule has 1 heterocycles. The minimum absolute atomic E-state index is 1.08. The number of nitrogens with zero attached hydrogens (tertiary/aromatic N) is 1. The fraction of sp³-hybridized carbons (Fsp3) is 0.375. The van der Waals surface area contributed by atoms with Gasteiger partial charge >= 0.3 is 0 Å². The van der Waals surface area contributed by atoms with Crippen LogP contribution in [0.5, 0.6) is 0 Å². The number of aryl methyl sites for hydroxylation is 1. The maximum atomic E-state index is 3.66. The van der Waals surface area contributed by atoms with E-state index in [1.165, 1.54) is 6.42 Å². The van der Waals surface area contributed by atoms with E-state index in [-0.39, 0.29) is 0 Å². The quantitative estimate of drug-likeness (QED) is 0.366. The molecule has 1 aromatic heterocycles. The molecule has 0 saturated heterocycles. The van der Waals surface area contributed by atoms with Crippen LogP contribution in [0.15, 0.2) is 31.4 Å². The molecule has 0 atom stereocenters. The van der Waals surface area contributed by atoms with Crippen LogP contribution in [0.25, 0.3) is 0 Å². The summed E-state index contributed by atoms with van der Waals surface area (Å²) >= 11 is 0. The highest BCUT2D eigenvalue weighted by Crippen LogP contribution is 1.87. The molecule has 0 spiro atoms. The highest BCUT2D eigenvalue weighted by molar-refractivity contribution is 4.64. The van der Waals surface area contributed by atoms with Gasteiger partial charge in [0, 0.05) is 0 Å². The van der Waals surface area contributed by atoms with E-state index < -0.39 is 0 Å². The average Bonchev–Trinajstić information content (AvgIpc) is 2.41. The van der Waals surface area contributed by atoms with E-state index in [0.29, 0.717) is 0 Å². The molecule has 2 nitrogen and oxygen atoms in total. The van der Waals surface area contributed by atoms with Gasteiger partial charge in [0.25, 0.3) is 0 Å². The molecule has 1 rings (SSSR count). The van der Waals surface area contributed by atoms with E-state index in [9.17, 15) is 0 Å². The maximum absolute atomic E-state index is 3.66. The van der Waals surface area contributed by atoms with Crippen LogP contribution in [0.3, 0.4) is 0 Å². The molecule has 0 saturated carbocycles. The largest absolute Gasteiger partial charge is 0.250 e. The predicted octanol–water partition coefficient (Wildman–Crippen LogP) is 1.27. The van der Waals surface area contributed by atoms with E-state index in [2.05, 4.69) is 16.1 Å². The predicted molar refractivity (Wildman–Crippen MR) is 40.4 cm³/mol. The van der Waals surface area contributed by atoms with Crippen molar-refractivity contribution in [1.82, 2.24) is 4.98 Å². The summed E-state index contributed by atoms with van der Waals surface area (Å²) in [4.78, 5) is 2.99. The lowest BCUT2D eigenvalue weighted by Gasteiger charge is -1.90. The van der Waals surface area contributed by atoms with Gasteiger partial charge in [0.15, 0.2) is 0 Å². The number of aromatic amines is 1. The van der Waals surface area contributed by atoms with Gasteiger partial charge in [-0.25, -0.2) is 4.57 Å². The van der Waals surface area contributed by atoms with E-state index in [0.717, 1.165) is 13.0 Å². The van der Waals surface area contributed by atoms with Crippen LogP contribution in [-0.2, 0) is 6.54 Å². The topological polar surface area (TPSA) is 19.7 Å². The Morgan fingerprint density at radius 1 is 1.60 bits per heavy atom. The Morgan fingerprint density at radius 3 is 3.10 bits per heavy atom. The number of hydrogen-bond acceptors (Lipinski definition) is 0. The Kier molecular flexibility index (Phi) is 2.74. The lowest BCUT2D eigenvalue weighted by atomic mass is 10.3. The van der Waals surface area contributed by atoms with Crippen molar-refractivity contribution < 1.29 is 4.57 Å². The highest BCUT2D eigenvalue weighted by Gasteiger charge is 1.92. The second kappa shape index (κ2) is 3.88. The first-order valence-corrected chi connectivity index (χ1v) is 3.56. The second-order valence-corrected chi connectivity index (χ2v) is 2.28. The normalized spacial score (nSPS) is 9.60. The molecule has 0 fully saturated rings. The zero-order valence-corrected chi connectivity index (χ0v) is 6.09. The SMILES string of the molecule is C=CCCC[n+]1cc[nH]c1. The number of imidazole rings is 1. The van der Waals surface area contributed by atoms with Gasteiger partial charge in [-0.15, -0.1) is 6.58 Å². The molecule has 0 radical (unpaired) electrons. The number of H-pyrrole nitrogens is 1. The molecule has 0 aliphatic carbocycles. The Hall–Kier alpha value is -1.05. The third kappa shape index (κ3) is 2.05. The number of rotatable bonds is 4. The first-order chi connectivity index (χ1) is 4.93. The van der Waals surface area contributed by atoms with Crippen molar-refractivity contribution in [1.29, 1.82) is 0 Å². The van der Waals surface area contributed by atoms with Crippen LogP contribution in [0.4, 0.5) is 0 Å². The third-order valence-corrected chi connectivity index (χ3v) is 1.43. The molecule has 0 bridgehead atoms. The number of allylic oxidation sites excluding steroid dienone is 1. The Balaban J connectivity index is 2.21. The first kappa shape index (κ1) is 7.06. The summed E-state index contributed by atoms with van der Waals surface area (Å²) in [6, 6.07) is 0. The summed E-state index contributed by atoms with van der Waals surface area (Å²) in [5, 5.41) is 0. The Bertz CT molecular complexity index is 177. The van der Waals surface area contributed by atoms with Crippen LogP contribution in [0.1, 0.15) is 12.8 Å². The van der Waals surface area contributed by atoms with Crippen molar-refractivity contribution in [2.75, 3.05) is 0 Å². The lowest BCUT2D eigenvalue weighted by Crippen LogP contribution is -2.29. The highest BCUT2D eigenvalue weighted by atomic mass is 15.0. The maximum Gasteiger partial charge on any atom is 0.241 e. The van der Waals surface area contributed by atoms with E-state index in [1.807, 2.05) is 24.8 Å². The van der Waals surface area contributed by atoms with E-state index in [4.69, 9.17) is 0 Å². The van der Waals surface area contributed by atoms with Gasteiger partial charge in [0.2, 0.25) is 6.33 Å². The molecular weight excluding hydrogens is 124 g/mol. The van der Waals surface area contributed by atoms with Crippen LogP contribution in [0, 0.1) is 0 Å². The molecule has 0 unspecified atom stereocenters. The summed E-state index contributed by atoms with van der Waals surface area (Å²) in [5.41, 5.74) is 0.